The van der Waals surface area contributed by atoms with Crippen LogP contribution in [0.15, 0.2) is 34.8 Å². The lowest BCUT2D eigenvalue weighted by Gasteiger charge is -2.10. The van der Waals surface area contributed by atoms with Gasteiger partial charge in [-0.1, -0.05) is 0 Å². The Kier molecular flexibility index (Phi) is 3.99. The Morgan fingerprint density at radius 2 is 1.75 bits per heavy atom. The standard InChI is InChI=1S/C13H8BrF3N2O/c14-11-7(13(18)19)2-4-10(12(11)17)20-9-3-1-6(15)5-8(9)16/h1-5H,(H3,18,19). The summed E-state index contributed by atoms with van der Waals surface area (Å²) in [5, 5.41) is 7.26. The molecular weight excluding hydrogens is 337 g/mol. The van der Waals surface area contributed by atoms with Gasteiger partial charge in [-0.2, -0.15) is 0 Å². The molecule has 0 unspecified atom stereocenters. The molecule has 0 atom stereocenters. The van der Waals surface area contributed by atoms with Crippen LogP contribution in [0.4, 0.5) is 13.2 Å². The predicted octanol–water partition coefficient (Wildman–Crippen LogP) is 3.94. The molecule has 0 aliphatic carbocycles. The molecule has 0 fully saturated rings. The van der Waals surface area contributed by atoms with Gasteiger partial charge in [0.25, 0.3) is 0 Å². The van der Waals surface area contributed by atoms with Gasteiger partial charge < -0.3 is 10.5 Å². The number of ether oxygens (including phenoxy) is 1. The van der Waals surface area contributed by atoms with E-state index in [2.05, 4.69) is 15.9 Å². The average molecular weight is 345 g/mol. The minimum absolute atomic E-state index is 0.0648. The first-order chi connectivity index (χ1) is 9.40. The van der Waals surface area contributed by atoms with Crippen LogP contribution >= 0.6 is 15.9 Å². The molecule has 0 aliphatic rings. The van der Waals surface area contributed by atoms with E-state index >= 15 is 0 Å². The summed E-state index contributed by atoms with van der Waals surface area (Å²) in [5.41, 5.74) is 5.42. The SMILES string of the molecule is N=C(N)c1ccc(Oc2ccc(F)cc2F)c(F)c1Br. The maximum absolute atomic E-state index is 14.0. The van der Waals surface area contributed by atoms with E-state index in [0.717, 1.165) is 12.1 Å². The van der Waals surface area contributed by atoms with Crippen molar-refractivity contribution >= 4 is 21.8 Å². The van der Waals surface area contributed by atoms with Crippen molar-refractivity contribution in [1.82, 2.24) is 0 Å². The quantitative estimate of drug-likeness (QED) is 0.654. The summed E-state index contributed by atoms with van der Waals surface area (Å²) in [4.78, 5) is 0. The molecule has 0 aromatic heterocycles. The molecule has 3 nitrogen and oxygen atoms in total. The van der Waals surface area contributed by atoms with Crippen LogP contribution in [0.3, 0.4) is 0 Å². The van der Waals surface area contributed by atoms with Gasteiger partial charge in [0, 0.05) is 11.6 Å². The molecule has 0 bridgehead atoms. The summed E-state index contributed by atoms with van der Waals surface area (Å²) in [6.07, 6.45) is 0. The van der Waals surface area contributed by atoms with Gasteiger partial charge in [-0.25, -0.2) is 13.2 Å². The lowest BCUT2D eigenvalue weighted by molar-refractivity contribution is 0.410. The van der Waals surface area contributed by atoms with Crippen LogP contribution in [-0.4, -0.2) is 5.84 Å². The average Bonchev–Trinajstić information content (AvgIpc) is 2.37. The zero-order valence-electron chi connectivity index (χ0n) is 9.88. The van der Waals surface area contributed by atoms with E-state index in [4.69, 9.17) is 15.9 Å². The number of hydrogen-bond donors (Lipinski definition) is 2. The third-order valence-electron chi connectivity index (χ3n) is 2.45. The van der Waals surface area contributed by atoms with Gasteiger partial charge in [0.05, 0.1) is 4.47 Å². The molecule has 2 rings (SSSR count). The van der Waals surface area contributed by atoms with Crippen LogP contribution in [0.1, 0.15) is 5.56 Å². The molecular formula is C13H8BrF3N2O. The first-order valence-electron chi connectivity index (χ1n) is 5.35. The lowest BCUT2D eigenvalue weighted by Crippen LogP contribution is -2.12. The smallest absolute Gasteiger partial charge is 0.180 e. The molecule has 0 spiro atoms. The Morgan fingerprint density at radius 1 is 1.10 bits per heavy atom. The number of amidine groups is 1. The van der Waals surface area contributed by atoms with E-state index in [1.54, 1.807) is 0 Å². The second-order valence-electron chi connectivity index (χ2n) is 3.83. The summed E-state index contributed by atoms with van der Waals surface area (Å²) in [7, 11) is 0. The van der Waals surface area contributed by atoms with Gasteiger partial charge in [-0.15, -0.1) is 0 Å². The van der Waals surface area contributed by atoms with Crippen LogP contribution in [0, 0.1) is 22.9 Å². The molecule has 7 heteroatoms. The maximum Gasteiger partial charge on any atom is 0.180 e. The molecule has 104 valence electrons. The number of benzene rings is 2. The Balaban J connectivity index is 2.39. The van der Waals surface area contributed by atoms with Crippen molar-refractivity contribution in [2.24, 2.45) is 5.73 Å². The van der Waals surface area contributed by atoms with Gasteiger partial charge >= 0.3 is 0 Å². The molecule has 0 aliphatic heterocycles. The summed E-state index contributed by atoms with van der Waals surface area (Å²) < 4.78 is 45.2. The third-order valence-corrected chi connectivity index (χ3v) is 3.23. The van der Waals surface area contributed by atoms with Crippen molar-refractivity contribution in [2.45, 2.75) is 0 Å². The molecule has 20 heavy (non-hydrogen) atoms. The Hall–Kier alpha value is -2.02. The van der Waals surface area contributed by atoms with E-state index in [1.165, 1.54) is 12.1 Å². The largest absolute Gasteiger partial charge is 0.451 e. The van der Waals surface area contributed by atoms with Crippen molar-refractivity contribution < 1.29 is 17.9 Å². The van der Waals surface area contributed by atoms with Crippen LogP contribution in [0.5, 0.6) is 11.5 Å². The molecule has 0 radical (unpaired) electrons. The zero-order valence-corrected chi connectivity index (χ0v) is 11.5. The summed E-state index contributed by atoms with van der Waals surface area (Å²) in [5.74, 6) is -3.45. The second-order valence-corrected chi connectivity index (χ2v) is 4.62. The fourth-order valence-corrected chi connectivity index (χ4v) is 2.04. The van der Waals surface area contributed by atoms with Crippen LogP contribution in [-0.2, 0) is 0 Å². The van der Waals surface area contributed by atoms with Gasteiger partial charge in [0.15, 0.2) is 23.1 Å². The summed E-state index contributed by atoms with van der Waals surface area (Å²) >= 11 is 2.95. The van der Waals surface area contributed by atoms with Crippen molar-refractivity contribution in [2.75, 3.05) is 0 Å². The van der Waals surface area contributed by atoms with Crippen molar-refractivity contribution in [3.8, 4) is 11.5 Å². The number of nitrogens with one attached hydrogen (secondary N) is 1. The van der Waals surface area contributed by atoms with Crippen LogP contribution in [0.2, 0.25) is 0 Å². The fourth-order valence-electron chi connectivity index (χ4n) is 1.50. The topological polar surface area (TPSA) is 59.1 Å². The zero-order chi connectivity index (χ0) is 14.9. The van der Waals surface area contributed by atoms with E-state index in [-0.39, 0.29) is 27.4 Å². The minimum atomic E-state index is -0.948. The van der Waals surface area contributed by atoms with E-state index < -0.39 is 17.5 Å². The number of nitrogen functional groups attached to an aromatic ring is 1. The summed E-state index contributed by atoms with van der Waals surface area (Å²) in [6, 6.07) is 5.24. The van der Waals surface area contributed by atoms with Gasteiger partial charge in [0.2, 0.25) is 0 Å². The van der Waals surface area contributed by atoms with E-state index in [1.807, 2.05) is 0 Å². The molecule has 2 aromatic rings. The number of halogens is 4. The molecule has 2 aromatic carbocycles. The maximum atomic E-state index is 14.0. The minimum Gasteiger partial charge on any atom is -0.451 e. The van der Waals surface area contributed by atoms with Crippen LogP contribution < -0.4 is 10.5 Å². The molecule has 0 saturated heterocycles. The van der Waals surface area contributed by atoms with Crippen LogP contribution in [0.25, 0.3) is 0 Å². The first kappa shape index (κ1) is 14.4. The second kappa shape index (κ2) is 5.54. The molecule has 0 saturated carbocycles. The summed E-state index contributed by atoms with van der Waals surface area (Å²) in [6.45, 7) is 0. The predicted molar refractivity (Wildman–Crippen MR) is 71.5 cm³/mol. The van der Waals surface area contributed by atoms with Gasteiger partial charge in [-0.05, 0) is 40.2 Å². The highest BCUT2D eigenvalue weighted by molar-refractivity contribution is 9.10. The Morgan fingerprint density at radius 3 is 2.35 bits per heavy atom. The van der Waals surface area contributed by atoms with E-state index in [0.29, 0.717) is 6.07 Å². The molecule has 3 N–H and O–H groups in total. The Labute approximate surface area is 120 Å². The number of rotatable bonds is 3. The first-order valence-corrected chi connectivity index (χ1v) is 6.14. The normalized spacial score (nSPS) is 10.4. The van der Waals surface area contributed by atoms with Crippen molar-refractivity contribution in [1.29, 1.82) is 5.41 Å². The van der Waals surface area contributed by atoms with Gasteiger partial charge in [-0.3, -0.25) is 5.41 Å². The lowest BCUT2D eigenvalue weighted by atomic mass is 10.2. The molecule has 0 heterocycles. The van der Waals surface area contributed by atoms with Gasteiger partial charge in [0.1, 0.15) is 11.7 Å². The van der Waals surface area contributed by atoms with E-state index in [9.17, 15) is 13.2 Å². The Bertz CT molecular complexity index is 692. The highest BCUT2D eigenvalue weighted by atomic mass is 79.9. The highest BCUT2D eigenvalue weighted by Crippen LogP contribution is 2.32. The fraction of sp³-hybridized carbons (Fsp3) is 0. The number of hydrogen-bond acceptors (Lipinski definition) is 2. The molecule has 0 amide bonds. The highest BCUT2D eigenvalue weighted by Gasteiger charge is 2.16. The monoisotopic (exact) mass is 344 g/mol. The third kappa shape index (κ3) is 2.77. The van der Waals surface area contributed by atoms with Crippen molar-refractivity contribution in [3.63, 3.8) is 0 Å². The number of nitrogens with two attached hydrogens (primary N) is 1. The van der Waals surface area contributed by atoms with Crippen molar-refractivity contribution in [3.05, 3.63) is 57.8 Å².